The summed E-state index contributed by atoms with van der Waals surface area (Å²) in [7, 11) is 0. The van der Waals surface area contributed by atoms with Gasteiger partial charge in [0.15, 0.2) is 0 Å². The number of aryl methyl sites for hydroxylation is 3. The molecule has 0 atom stereocenters. The summed E-state index contributed by atoms with van der Waals surface area (Å²) in [6.07, 6.45) is 6.26. The van der Waals surface area contributed by atoms with Gasteiger partial charge in [-0.3, -0.25) is 19.6 Å². The van der Waals surface area contributed by atoms with Crippen LogP contribution in [0.4, 0.5) is 5.69 Å². The van der Waals surface area contributed by atoms with E-state index in [2.05, 4.69) is 20.6 Å². The molecule has 28 heavy (non-hydrogen) atoms. The SMILES string of the molecule is Cc1cc(C)c(NC(=O)c2cncc(C(=O)NCc3cccnc3)c2)c(C)c1. The molecule has 142 valence electrons. The molecule has 0 aliphatic rings. The minimum absolute atomic E-state index is 0.297. The van der Waals surface area contributed by atoms with Crippen molar-refractivity contribution < 1.29 is 9.59 Å². The number of aromatic nitrogens is 2. The van der Waals surface area contributed by atoms with Gasteiger partial charge in [-0.05, 0) is 49.6 Å². The fourth-order valence-electron chi connectivity index (χ4n) is 3.04. The van der Waals surface area contributed by atoms with Crippen molar-refractivity contribution in [1.82, 2.24) is 15.3 Å². The number of rotatable bonds is 5. The highest BCUT2D eigenvalue weighted by atomic mass is 16.2. The number of hydrogen-bond acceptors (Lipinski definition) is 4. The Kier molecular flexibility index (Phi) is 5.79. The molecule has 2 aromatic heterocycles. The summed E-state index contributed by atoms with van der Waals surface area (Å²) in [5.41, 5.74) is 5.45. The molecule has 0 saturated carbocycles. The topological polar surface area (TPSA) is 84.0 Å². The normalized spacial score (nSPS) is 10.4. The van der Waals surface area contributed by atoms with Crippen LogP contribution in [0.15, 0.2) is 55.1 Å². The zero-order valence-electron chi connectivity index (χ0n) is 16.1. The van der Waals surface area contributed by atoms with E-state index < -0.39 is 0 Å². The molecule has 0 fully saturated rings. The van der Waals surface area contributed by atoms with E-state index in [-0.39, 0.29) is 11.8 Å². The van der Waals surface area contributed by atoms with Crippen molar-refractivity contribution in [2.24, 2.45) is 0 Å². The summed E-state index contributed by atoms with van der Waals surface area (Å²) in [6.45, 7) is 6.28. The average Bonchev–Trinajstić information content (AvgIpc) is 2.69. The number of benzene rings is 1. The van der Waals surface area contributed by atoms with Gasteiger partial charge < -0.3 is 10.6 Å². The molecule has 0 spiro atoms. The maximum atomic E-state index is 12.7. The molecule has 0 aliphatic heterocycles. The predicted octanol–water partition coefficient (Wildman–Crippen LogP) is 3.58. The number of amides is 2. The second kappa shape index (κ2) is 8.43. The monoisotopic (exact) mass is 374 g/mol. The van der Waals surface area contributed by atoms with Crippen LogP contribution in [-0.2, 0) is 6.54 Å². The Hall–Kier alpha value is -3.54. The predicted molar refractivity (Wildman–Crippen MR) is 108 cm³/mol. The Morgan fingerprint density at radius 3 is 2.21 bits per heavy atom. The highest BCUT2D eigenvalue weighted by Gasteiger charge is 2.14. The van der Waals surface area contributed by atoms with Crippen LogP contribution in [0.3, 0.4) is 0 Å². The van der Waals surface area contributed by atoms with Gasteiger partial charge in [-0.15, -0.1) is 0 Å². The Labute approximate surface area is 164 Å². The van der Waals surface area contributed by atoms with Crippen molar-refractivity contribution >= 4 is 17.5 Å². The number of nitrogens with one attached hydrogen (secondary N) is 2. The zero-order valence-corrected chi connectivity index (χ0v) is 16.1. The van der Waals surface area contributed by atoms with E-state index in [0.717, 1.165) is 27.9 Å². The summed E-state index contributed by atoms with van der Waals surface area (Å²) in [4.78, 5) is 33.1. The van der Waals surface area contributed by atoms with Crippen molar-refractivity contribution in [2.75, 3.05) is 5.32 Å². The van der Waals surface area contributed by atoms with Gasteiger partial charge in [-0.2, -0.15) is 0 Å². The summed E-state index contributed by atoms with van der Waals surface area (Å²) in [5, 5.41) is 5.73. The standard InChI is InChI=1S/C22H22N4O2/c1-14-7-15(2)20(16(3)8-14)26-22(28)19-9-18(12-24-13-19)21(27)25-11-17-5-4-6-23-10-17/h4-10,12-13H,11H2,1-3H3,(H,25,27)(H,26,28). The molecule has 6 heteroatoms. The second-order valence-electron chi connectivity index (χ2n) is 6.73. The van der Waals surface area contributed by atoms with Crippen molar-refractivity contribution in [1.29, 1.82) is 0 Å². The molecule has 3 aromatic rings. The minimum atomic E-state index is -0.301. The number of pyridine rings is 2. The maximum Gasteiger partial charge on any atom is 0.257 e. The van der Waals surface area contributed by atoms with E-state index in [1.165, 1.54) is 12.4 Å². The van der Waals surface area contributed by atoms with Gasteiger partial charge in [0, 0.05) is 37.0 Å². The molecule has 6 nitrogen and oxygen atoms in total. The number of nitrogens with zero attached hydrogens (tertiary/aromatic N) is 2. The third kappa shape index (κ3) is 4.59. The van der Waals surface area contributed by atoms with Crippen LogP contribution in [0.25, 0.3) is 0 Å². The fourth-order valence-corrected chi connectivity index (χ4v) is 3.04. The van der Waals surface area contributed by atoms with E-state index in [1.807, 2.05) is 45.0 Å². The second-order valence-corrected chi connectivity index (χ2v) is 6.73. The molecular formula is C22H22N4O2. The first-order chi connectivity index (χ1) is 13.4. The lowest BCUT2D eigenvalue weighted by Crippen LogP contribution is -2.23. The summed E-state index contributed by atoms with van der Waals surface area (Å²) < 4.78 is 0. The molecule has 2 heterocycles. The molecule has 2 N–H and O–H groups in total. The Balaban J connectivity index is 1.72. The van der Waals surface area contributed by atoms with Crippen LogP contribution in [0.1, 0.15) is 43.0 Å². The van der Waals surface area contributed by atoms with Crippen LogP contribution < -0.4 is 10.6 Å². The third-order valence-electron chi connectivity index (χ3n) is 4.35. The van der Waals surface area contributed by atoms with E-state index in [9.17, 15) is 9.59 Å². The van der Waals surface area contributed by atoms with Crippen LogP contribution in [0.5, 0.6) is 0 Å². The van der Waals surface area contributed by atoms with Crippen molar-refractivity contribution in [3.63, 3.8) is 0 Å². The number of carbonyl (C=O) groups excluding carboxylic acids is 2. The van der Waals surface area contributed by atoms with E-state index >= 15 is 0 Å². The molecule has 0 aliphatic carbocycles. The van der Waals surface area contributed by atoms with Gasteiger partial charge in [0.25, 0.3) is 11.8 Å². The summed E-state index contributed by atoms with van der Waals surface area (Å²) in [6, 6.07) is 9.26. The van der Waals surface area contributed by atoms with E-state index in [0.29, 0.717) is 17.7 Å². The first-order valence-electron chi connectivity index (χ1n) is 8.95. The molecule has 3 rings (SSSR count). The van der Waals surface area contributed by atoms with Crippen molar-refractivity contribution in [3.8, 4) is 0 Å². The number of anilines is 1. The van der Waals surface area contributed by atoms with Crippen molar-refractivity contribution in [3.05, 3.63) is 88.5 Å². The Morgan fingerprint density at radius 2 is 1.57 bits per heavy atom. The largest absolute Gasteiger partial charge is 0.348 e. The Bertz CT molecular complexity index is 993. The number of carbonyl (C=O) groups is 2. The first kappa shape index (κ1) is 19.2. The minimum Gasteiger partial charge on any atom is -0.348 e. The van der Waals surface area contributed by atoms with Gasteiger partial charge in [0.2, 0.25) is 0 Å². The summed E-state index contributed by atoms with van der Waals surface area (Å²) >= 11 is 0. The number of hydrogen-bond donors (Lipinski definition) is 2. The molecule has 1 aromatic carbocycles. The first-order valence-corrected chi connectivity index (χ1v) is 8.95. The van der Waals surface area contributed by atoms with E-state index in [4.69, 9.17) is 0 Å². The highest BCUT2D eigenvalue weighted by Crippen LogP contribution is 2.22. The van der Waals surface area contributed by atoms with Crippen LogP contribution >= 0.6 is 0 Å². The van der Waals surface area contributed by atoms with Gasteiger partial charge in [-0.1, -0.05) is 23.8 Å². The molecular weight excluding hydrogens is 352 g/mol. The smallest absolute Gasteiger partial charge is 0.257 e. The molecule has 2 amide bonds. The lowest BCUT2D eigenvalue weighted by molar-refractivity contribution is 0.0950. The zero-order chi connectivity index (χ0) is 20.1. The lowest BCUT2D eigenvalue weighted by Gasteiger charge is -2.13. The Morgan fingerprint density at radius 1 is 0.893 bits per heavy atom. The van der Waals surface area contributed by atoms with Gasteiger partial charge in [-0.25, -0.2) is 0 Å². The fraction of sp³-hybridized carbons (Fsp3) is 0.182. The maximum absolute atomic E-state index is 12.7. The van der Waals surface area contributed by atoms with Gasteiger partial charge >= 0.3 is 0 Å². The lowest BCUT2D eigenvalue weighted by atomic mass is 10.0. The third-order valence-corrected chi connectivity index (χ3v) is 4.35. The highest BCUT2D eigenvalue weighted by molar-refractivity contribution is 6.06. The van der Waals surface area contributed by atoms with Crippen LogP contribution in [0, 0.1) is 20.8 Å². The molecule has 0 saturated heterocycles. The molecule has 0 radical (unpaired) electrons. The summed E-state index contributed by atoms with van der Waals surface area (Å²) in [5.74, 6) is -0.599. The van der Waals surface area contributed by atoms with Gasteiger partial charge in [0.05, 0.1) is 11.1 Å². The van der Waals surface area contributed by atoms with Crippen LogP contribution in [-0.4, -0.2) is 21.8 Å². The van der Waals surface area contributed by atoms with E-state index in [1.54, 1.807) is 18.5 Å². The molecule has 0 bridgehead atoms. The van der Waals surface area contributed by atoms with Gasteiger partial charge in [0.1, 0.15) is 0 Å². The quantitative estimate of drug-likeness (QED) is 0.715. The average molecular weight is 374 g/mol. The van der Waals surface area contributed by atoms with Crippen LogP contribution in [0.2, 0.25) is 0 Å². The molecule has 0 unspecified atom stereocenters. The van der Waals surface area contributed by atoms with Crippen molar-refractivity contribution in [2.45, 2.75) is 27.3 Å².